The topological polar surface area (TPSA) is 24.1 Å². The number of halogens is 1. The van der Waals surface area contributed by atoms with Gasteiger partial charge in [-0.15, -0.1) is 0 Å². The molecule has 1 aromatic rings. The Bertz CT molecular complexity index is 237. The molecule has 0 spiro atoms. The van der Waals surface area contributed by atoms with Gasteiger partial charge >= 0.3 is 0 Å². The van der Waals surface area contributed by atoms with Gasteiger partial charge in [0.25, 0.3) is 0 Å². The fraction of sp³-hybridized carbons (Fsp3) is 0.375. The zero-order chi connectivity index (χ0) is 8.27. The Morgan fingerprint density at radius 2 is 2.45 bits per heavy atom. The van der Waals surface area contributed by atoms with E-state index in [0.29, 0.717) is 11.6 Å². The van der Waals surface area contributed by atoms with Crippen LogP contribution in [0.15, 0.2) is 24.5 Å². The van der Waals surface area contributed by atoms with Crippen LogP contribution in [-0.2, 0) is 6.54 Å². The summed E-state index contributed by atoms with van der Waals surface area (Å²) in [6.45, 7) is 2.33. The lowest BCUT2D eigenvalue weighted by Crippen LogP contribution is -2.37. The summed E-state index contributed by atoms with van der Waals surface area (Å²) in [6, 6.07) is 3.66. The predicted octanol–water partition coefficient (Wildman–Crippen LogP) is 1.01. The number of hydrogen-bond donors (Lipinski definition) is 1. The number of hydrogen-bond acceptors (Lipinski definition) is 1. The smallest absolute Gasteiger partial charge is 0.187 e. The monoisotopic (exact) mass is 172 g/mol. The maximum Gasteiger partial charge on any atom is 0.187 e. The zero-order valence-electron chi connectivity index (χ0n) is 6.37. The molecule has 1 N–H and O–H groups in total. The standard InChI is InChI=1S/C8H11ClNO/c1-7(11)5-10-4-2-3-8(9)6-10/h2-4,6-7,11H,5H2,1H3/q+1. The summed E-state index contributed by atoms with van der Waals surface area (Å²) in [5, 5.41) is 9.72. The molecule has 0 fully saturated rings. The summed E-state index contributed by atoms with van der Waals surface area (Å²) >= 11 is 5.73. The van der Waals surface area contributed by atoms with Gasteiger partial charge in [-0.05, 0) is 13.0 Å². The minimum atomic E-state index is -0.335. The van der Waals surface area contributed by atoms with Gasteiger partial charge in [0.15, 0.2) is 18.9 Å². The van der Waals surface area contributed by atoms with Gasteiger partial charge in [-0.2, -0.15) is 0 Å². The van der Waals surface area contributed by atoms with Crippen molar-refractivity contribution in [2.75, 3.05) is 0 Å². The fourth-order valence-corrected chi connectivity index (χ4v) is 1.11. The third kappa shape index (κ3) is 2.87. The van der Waals surface area contributed by atoms with E-state index in [2.05, 4.69) is 0 Å². The van der Waals surface area contributed by atoms with Crippen LogP contribution >= 0.6 is 11.6 Å². The van der Waals surface area contributed by atoms with Crippen LogP contribution in [0.1, 0.15) is 6.92 Å². The molecule has 0 aliphatic rings. The normalized spacial score (nSPS) is 13.0. The minimum Gasteiger partial charge on any atom is -0.387 e. The van der Waals surface area contributed by atoms with Crippen LogP contribution in [0.3, 0.4) is 0 Å². The molecular weight excluding hydrogens is 162 g/mol. The van der Waals surface area contributed by atoms with Gasteiger partial charge in [0.1, 0.15) is 11.1 Å². The number of nitrogens with zero attached hydrogens (tertiary/aromatic N) is 1. The van der Waals surface area contributed by atoms with Crippen molar-refractivity contribution in [3.63, 3.8) is 0 Å². The molecule has 0 radical (unpaired) electrons. The van der Waals surface area contributed by atoms with Crippen molar-refractivity contribution in [1.29, 1.82) is 0 Å². The first kappa shape index (κ1) is 8.50. The van der Waals surface area contributed by atoms with Crippen LogP contribution in [0.5, 0.6) is 0 Å². The summed E-state index contributed by atoms with van der Waals surface area (Å²) in [4.78, 5) is 0. The van der Waals surface area contributed by atoms with Crippen molar-refractivity contribution in [2.24, 2.45) is 0 Å². The Balaban J connectivity index is 2.71. The molecule has 1 rings (SSSR count). The minimum absolute atomic E-state index is 0.335. The first-order valence-electron chi connectivity index (χ1n) is 3.51. The molecule has 0 amide bonds. The first-order chi connectivity index (χ1) is 5.18. The largest absolute Gasteiger partial charge is 0.387 e. The van der Waals surface area contributed by atoms with Crippen molar-refractivity contribution in [3.8, 4) is 0 Å². The summed E-state index contributed by atoms with van der Waals surface area (Å²) < 4.78 is 1.85. The molecule has 0 saturated heterocycles. The average molecular weight is 173 g/mol. The Morgan fingerprint density at radius 1 is 1.73 bits per heavy atom. The van der Waals surface area contributed by atoms with E-state index in [-0.39, 0.29) is 6.10 Å². The lowest BCUT2D eigenvalue weighted by molar-refractivity contribution is -0.703. The predicted molar refractivity (Wildman–Crippen MR) is 43.3 cm³/mol. The number of aliphatic hydroxyl groups excluding tert-OH is 1. The van der Waals surface area contributed by atoms with Crippen molar-refractivity contribution >= 4 is 11.6 Å². The highest BCUT2D eigenvalue weighted by atomic mass is 35.5. The van der Waals surface area contributed by atoms with Crippen LogP contribution in [0.25, 0.3) is 0 Å². The van der Waals surface area contributed by atoms with Gasteiger partial charge in [0.05, 0.1) is 0 Å². The third-order valence-corrected chi connectivity index (χ3v) is 1.52. The molecule has 0 aromatic carbocycles. The first-order valence-corrected chi connectivity index (χ1v) is 3.89. The maximum atomic E-state index is 9.03. The van der Waals surface area contributed by atoms with E-state index >= 15 is 0 Å². The second-order valence-corrected chi connectivity index (χ2v) is 3.00. The second-order valence-electron chi connectivity index (χ2n) is 2.57. The molecule has 1 atom stereocenters. The molecule has 60 valence electrons. The van der Waals surface area contributed by atoms with E-state index < -0.39 is 0 Å². The van der Waals surface area contributed by atoms with Crippen LogP contribution in [0.4, 0.5) is 0 Å². The lowest BCUT2D eigenvalue weighted by atomic mass is 10.4. The summed E-state index contributed by atoms with van der Waals surface area (Å²) in [7, 11) is 0. The van der Waals surface area contributed by atoms with E-state index in [9.17, 15) is 0 Å². The number of aliphatic hydroxyl groups is 1. The molecular formula is C8H11ClNO+. The number of rotatable bonds is 2. The van der Waals surface area contributed by atoms with Crippen LogP contribution in [-0.4, -0.2) is 11.2 Å². The van der Waals surface area contributed by atoms with Gasteiger partial charge in [0, 0.05) is 6.07 Å². The zero-order valence-corrected chi connectivity index (χ0v) is 7.12. The van der Waals surface area contributed by atoms with Crippen LogP contribution in [0, 0.1) is 0 Å². The summed E-state index contributed by atoms with van der Waals surface area (Å²) in [6.07, 6.45) is 3.32. The van der Waals surface area contributed by atoms with E-state index in [4.69, 9.17) is 16.7 Å². The maximum absolute atomic E-state index is 9.03. The third-order valence-electron chi connectivity index (χ3n) is 1.30. The highest BCUT2D eigenvalue weighted by molar-refractivity contribution is 6.30. The van der Waals surface area contributed by atoms with Crippen molar-refractivity contribution < 1.29 is 9.67 Å². The van der Waals surface area contributed by atoms with Gasteiger partial charge in [-0.1, -0.05) is 11.6 Å². The Morgan fingerprint density at radius 3 is 3.00 bits per heavy atom. The van der Waals surface area contributed by atoms with Gasteiger partial charge < -0.3 is 5.11 Å². The molecule has 3 heteroatoms. The number of aromatic nitrogens is 1. The molecule has 11 heavy (non-hydrogen) atoms. The quantitative estimate of drug-likeness (QED) is 0.662. The molecule has 0 aliphatic heterocycles. The van der Waals surface area contributed by atoms with Gasteiger partial charge in [-0.3, -0.25) is 0 Å². The fourth-order valence-electron chi connectivity index (χ4n) is 0.909. The number of pyridine rings is 1. The van der Waals surface area contributed by atoms with E-state index in [1.165, 1.54) is 0 Å². The molecule has 1 heterocycles. The Kier molecular flexibility index (Phi) is 2.85. The van der Waals surface area contributed by atoms with E-state index in [0.717, 1.165) is 0 Å². The van der Waals surface area contributed by atoms with Crippen LogP contribution < -0.4 is 4.57 Å². The highest BCUT2D eigenvalue weighted by Crippen LogP contribution is 2.01. The molecule has 1 unspecified atom stereocenters. The molecule has 0 bridgehead atoms. The Labute approximate surface area is 71.1 Å². The summed E-state index contributed by atoms with van der Waals surface area (Å²) in [5.41, 5.74) is 0. The van der Waals surface area contributed by atoms with Crippen molar-refractivity contribution in [2.45, 2.75) is 19.6 Å². The molecule has 0 saturated carbocycles. The van der Waals surface area contributed by atoms with E-state index in [1.54, 1.807) is 19.2 Å². The van der Waals surface area contributed by atoms with Crippen molar-refractivity contribution in [3.05, 3.63) is 29.5 Å². The van der Waals surface area contributed by atoms with Crippen molar-refractivity contribution in [1.82, 2.24) is 0 Å². The molecule has 2 nitrogen and oxygen atoms in total. The van der Waals surface area contributed by atoms with E-state index in [1.807, 2.05) is 16.8 Å². The van der Waals surface area contributed by atoms with Gasteiger partial charge in [0.2, 0.25) is 0 Å². The molecule has 1 aromatic heterocycles. The SMILES string of the molecule is CC(O)C[n+]1cccc(Cl)c1. The lowest BCUT2D eigenvalue weighted by Gasteiger charge is -1.98. The summed E-state index contributed by atoms with van der Waals surface area (Å²) in [5.74, 6) is 0. The van der Waals surface area contributed by atoms with Gasteiger partial charge in [-0.25, -0.2) is 4.57 Å². The highest BCUT2D eigenvalue weighted by Gasteiger charge is 2.04. The second kappa shape index (κ2) is 3.69. The average Bonchev–Trinajstić information content (AvgIpc) is 1.85. The van der Waals surface area contributed by atoms with Crippen LogP contribution in [0.2, 0.25) is 5.02 Å². The Hall–Kier alpha value is -0.600. The molecule has 0 aliphatic carbocycles.